The van der Waals surface area contributed by atoms with Gasteiger partial charge in [-0.1, -0.05) is 0 Å². The summed E-state index contributed by atoms with van der Waals surface area (Å²) >= 11 is 5.92. The maximum atomic E-state index is 10.8. The van der Waals surface area contributed by atoms with Crippen LogP contribution in [0.5, 0.6) is 0 Å². The van der Waals surface area contributed by atoms with E-state index >= 15 is 0 Å². The predicted octanol–water partition coefficient (Wildman–Crippen LogP) is 2.95. The molecule has 0 aliphatic carbocycles. The van der Waals surface area contributed by atoms with E-state index in [0.29, 0.717) is 6.61 Å². The van der Waals surface area contributed by atoms with Crippen molar-refractivity contribution in [2.75, 3.05) is 24.6 Å². The first kappa shape index (κ1) is 14.1. The van der Waals surface area contributed by atoms with Crippen molar-refractivity contribution in [3.05, 3.63) is 33.9 Å². The fourth-order valence-electron chi connectivity index (χ4n) is 2.32. The molecule has 5 nitrogen and oxygen atoms in total. The monoisotopic (exact) mass is 284 g/mol. The van der Waals surface area contributed by atoms with E-state index in [2.05, 4.69) is 4.90 Å². The normalized spacial score (nSPS) is 18.4. The fourth-order valence-corrected chi connectivity index (χ4v) is 2.54. The molecule has 0 N–H and O–H groups in total. The summed E-state index contributed by atoms with van der Waals surface area (Å²) in [6.45, 7) is 6.22. The Morgan fingerprint density at radius 3 is 2.84 bits per heavy atom. The third-order valence-corrected chi connectivity index (χ3v) is 3.47. The molecule has 6 heteroatoms. The maximum Gasteiger partial charge on any atom is 0.269 e. The first-order valence-electron chi connectivity index (χ1n) is 6.15. The van der Waals surface area contributed by atoms with Gasteiger partial charge >= 0.3 is 0 Å². The lowest BCUT2D eigenvalue weighted by Crippen LogP contribution is -2.48. The SMILES string of the molecule is CC1(C)CN(c2ccc([N+](=O)[O-])cc2CCl)CCO1. The average molecular weight is 285 g/mol. The fraction of sp³-hybridized carbons (Fsp3) is 0.538. The molecule has 1 aliphatic heterocycles. The molecule has 1 aromatic rings. The summed E-state index contributed by atoms with van der Waals surface area (Å²) in [5, 5.41) is 10.8. The standard InChI is InChI=1S/C13H17ClN2O3/c1-13(2)9-15(5-6-19-13)12-4-3-11(16(17)18)7-10(12)8-14/h3-4,7H,5-6,8-9H2,1-2H3. The Bertz CT molecular complexity index is 491. The number of non-ortho nitro benzene ring substituents is 1. The molecule has 0 unspecified atom stereocenters. The maximum absolute atomic E-state index is 10.8. The predicted molar refractivity (Wildman–Crippen MR) is 74.9 cm³/mol. The zero-order valence-electron chi connectivity index (χ0n) is 11.1. The number of morpholine rings is 1. The summed E-state index contributed by atoms with van der Waals surface area (Å²) < 4.78 is 5.67. The molecule has 104 valence electrons. The largest absolute Gasteiger partial charge is 0.372 e. The van der Waals surface area contributed by atoms with E-state index in [9.17, 15) is 10.1 Å². The van der Waals surface area contributed by atoms with E-state index in [1.54, 1.807) is 12.1 Å². The lowest BCUT2D eigenvalue weighted by Gasteiger charge is -2.40. The Kier molecular flexibility index (Phi) is 3.96. The quantitative estimate of drug-likeness (QED) is 0.486. The molecule has 1 aliphatic rings. The Hall–Kier alpha value is -1.33. The topological polar surface area (TPSA) is 55.6 Å². The van der Waals surface area contributed by atoms with Crippen molar-refractivity contribution in [3.8, 4) is 0 Å². The van der Waals surface area contributed by atoms with E-state index < -0.39 is 4.92 Å². The number of halogens is 1. The highest BCUT2D eigenvalue weighted by Gasteiger charge is 2.28. The van der Waals surface area contributed by atoms with Crippen molar-refractivity contribution in [2.24, 2.45) is 0 Å². The molecule has 19 heavy (non-hydrogen) atoms. The van der Waals surface area contributed by atoms with Crippen LogP contribution in [0.25, 0.3) is 0 Å². The molecular formula is C13H17ClN2O3. The number of hydrogen-bond acceptors (Lipinski definition) is 4. The van der Waals surface area contributed by atoms with Gasteiger partial charge in [-0.2, -0.15) is 0 Å². The van der Waals surface area contributed by atoms with E-state index in [-0.39, 0.29) is 17.2 Å². The van der Waals surface area contributed by atoms with Crippen LogP contribution in [0.1, 0.15) is 19.4 Å². The van der Waals surface area contributed by atoms with Crippen LogP contribution in [-0.4, -0.2) is 30.2 Å². The number of benzene rings is 1. The number of ether oxygens (including phenoxy) is 1. The molecule has 1 fully saturated rings. The van der Waals surface area contributed by atoms with E-state index in [1.165, 1.54) is 6.07 Å². The van der Waals surface area contributed by atoms with Gasteiger partial charge in [0.15, 0.2) is 0 Å². The molecule has 1 heterocycles. The van der Waals surface area contributed by atoms with Crippen molar-refractivity contribution in [2.45, 2.75) is 25.3 Å². The van der Waals surface area contributed by atoms with Gasteiger partial charge in [-0.3, -0.25) is 10.1 Å². The number of rotatable bonds is 3. The highest BCUT2D eigenvalue weighted by atomic mass is 35.5. The average Bonchev–Trinajstić information content (AvgIpc) is 2.36. The van der Waals surface area contributed by atoms with E-state index in [1.807, 2.05) is 13.8 Å². The number of nitro groups is 1. The van der Waals surface area contributed by atoms with Crippen LogP contribution in [0, 0.1) is 10.1 Å². The van der Waals surface area contributed by atoms with Crippen molar-refractivity contribution >= 4 is 23.0 Å². The molecule has 1 aromatic carbocycles. The molecule has 0 aromatic heterocycles. The van der Waals surface area contributed by atoms with Gasteiger partial charge in [-0.25, -0.2) is 0 Å². The van der Waals surface area contributed by atoms with Crippen LogP contribution < -0.4 is 4.90 Å². The second kappa shape index (κ2) is 5.35. The number of hydrogen-bond donors (Lipinski definition) is 0. The van der Waals surface area contributed by atoms with Crippen molar-refractivity contribution in [3.63, 3.8) is 0 Å². The second-order valence-corrected chi connectivity index (χ2v) is 5.50. The minimum Gasteiger partial charge on any atom is -0.372 e. The second-order valence-electron chi connectivity index (χ2n) is 5.23. The zero-order chi connectivity index (χ0) is 14.0. The zero-order valence-corrected chi connectivity index (χ0v) is 11.8. The summed E-state index contributed by atoms with van der Waals surface area (Å²) in [5.74, 6) is 0.259. The number of nitrogens with zero attached hydrogens (tertiary/aromatic N) is 2. The Labute approximate surface area is 117 Å². The van der Waals surface area contributed by atoms with Gasteiger partial charge in [0.1, 0.15) is 0 Å². The van der Waals surface area contributed by atoms with Gasteiger partial charge in [-0.05, 0) is 25.5 Å². The van der Waals surface area contributed by atoms with Gasteiger partial charge in [0.05, 0.1) is 17.1 Å². The highest BCUT2D eigenvalue weighted by molar-refractivity contribution is 6.17. The number of alkyl halides is 1. The van der Waals surface area contributed by atoms with Crippen LogP contribution in [-0.2, 0) is 10.6 Å². The lowest BCUT2D eigenvalue weighted by molar-refractivity contribution is -0.384. The first-order chi connectivity index (χ1) is 8.93. The molecule has 0 radical (unpaired) electrons. The van der Waals surface area contributed by atoms with Gasteiger partial charge in [0.25, 0.3) is 5.69 Å². The Balaban J connectivity index is 2.31. The van der Waals surface area contributed by atoms with Crippen LogP contribution in [0.3, 0.4) is 0 Å². The van der Waals surface area contributed by atoms with Gasteiger partial charge in [-0.15, -0.1) is 11.6 Å². The molecule has 0 atom stereocenters. The summed E-state index contributed by atoms with van der Waals surface area (Å²) in [5.41, 5.74) is 1.60. The highest BCUT2D eigenvalue weighted by Crippen LogP contribution is 2.30. The first-order valence-corrected chi connectivity index (χ1v) is 6.68. The van der Waals surface area contributed by atoms with Crippen LogP contribution in [0.2, 0.25) is 0 Å². The molecule has 0 spiro atoms. The number of anilines is 1. The van der Waals surface area contributed by atoms with E-state index in [0.717, 1.165) is 24.3 Å². The van der Waals surface area contributed by atoms with Gasteiger partial charge in [0, 0.05) is 36.8 Å². The summed E-state index contributed by atoms with van der Waals surface area (Å²) in [6, 6.07) is 4.84. The molecule has 1 saturated heterocycles. The molecule has 2 rings (SSSR count). The minimum absolute atomic E-state index is 0.0759. The Morgan fingerprint density at radius 1 is 1.53 bits per heavy atom. The van der Waals surface area contributed by atoms with Gasteiger partial charge in [0.2, 0.25) is 0 Å². The molecular weight excluding hydrogens is 268 g/mol. The van der Waals surface area contributed by atoms with E-state index in [4.69, 9.17) is 16.3 Å². The smallest absolute Gasteiger partial charge is 0.269 e. The molecule has 0 amide bonds. The van der Waals surface area contributed by atoms with Crippen molar-refractivity contribution in [1.82, 2.24) is 0 Å². The van der Waals surface area contributed by atoms with Crippen LogP contribution in [0.15, 0.2) is 18.2 Å². The van der Waals surface area contributed by atoms with Crippen molar-refractivity contribution < 1.29 is 9.66 Å². The van der Waals surface area contributed by atoms with Crippen LogP contribution >= 0.6 is 11.6 Å². The van der Waals surface area contributed by atoms with Gasteiger partial charge < -0.3 is 9.64 Å². The minimum atomic E-state index is -0.400. The summed E-state index contributed by atoms with van der Waals surface area (Å²) in [7, 11) is 0. The number of nitro benzene ring substituents is 1. The summed E-state index contributed by atoms with van der Waals surface area (Å²) in [4.78, 5) is 12.6. The Morgan fingerprint density at radius 2 is 2.26 bits per heavy atom. The third-order valence-electron chi connectivity index (χ3n) is 3.18. The van der Waals surface area contributed by atoms with Crippen molar-refractivity contribution in [1.29, 1.82) is 0 Å². The van der Waals surface area contributed by atoms with Crippen LogP contribution in [0.4, 0.5) is 11.4 Å². The molecule has 0 bridgehead atoms. The lowest BCUT2D eigenvalue weighted by atomic mass is 10.1. The third kappa shape index (κ3) is 3.16. The summed E-state index contributed by atoms with van der Waals surface area (Å²) in [6.07, 6.45) is 0. The molecule has 0 saturated carbocycles.